The molecule has 0 spiro atoms. The van der Waals surface area contributed by atoms with Gasteiger partial charge in [0.1, 0.15) is 22.1 Å². The summed E-state index contributed by atoms with van der Waals surface area (Å²) in [7, 11) is 3.01. The average Bonchev–Trinajstić information content (AvgIpc) is 3.03. The molecular weight excluding hydrogens is 406 g/mol. The number of esters is 1. The third-order valence-corrected chi connectivity index (χ3v) is 5.17. The van der Waals surface area contributed by atoms with Crippen molar-refractivity contribution in [3.63, 3.8) is 0 Å². The van der Waals surface area contributed by atoms with Gasteiger partial charge in [-0.05, 0) is 42.8 Å². The monoisotopic (exact) mass is 427 g/mol. The molecule has 0 radical (unpaired) electrons. The van der Waals surface area contributed by atoms with Crippen molar-refractivity contribution in [3.05, 3.63) is 64.3 Å². The van der Waals surface area contributed by atoms with Gasteiger partial charge in [-0.2, -0.15) is 0 Å². The van der Waals surface area contributed by atoms with E-state index in [9.17, 15) is 15.0 Å². The summed E-state index contributed by atoms with van der Waals surface area (Å²) in [6.07, 6.45) is 1.65. The molecule has 0 aliphatic carbocycles. The van der Waals surface area contributed by atoms with Crippen molar-refractivity contribution in [2.24, 2.45) is 4.99 Å². The molecule has 0 bridgehead atoms. The van der Waals surface area contributed by atoms with Crippen molar-refractivity contribution >= 4 is 34.5 Å². The first-order valence-corrected chi connectivity index (χ1v) is 9.88. The van der Waals surface area contributed by atoms with Gasteiger partial charge in [0.15, 0.2) is 11.5 Å². The fourth-order valence-corrected chi connectivity index (χ4v) is 3.77. The number of carbonyl (C=O) groups is 1. The van der Waals surface area contributed by atoms with Gasteiger partial charge in [-0.1, -0.05) is 23.9 Å². The van der Waals surface area contributed by atoms with E-state index in [4.69, 9.17) is 14.2 Å². The molecule has 0 amide bonds. The van der Waals surface area contributed by atoms with Gasteiger partial charge in [0.05, 0.1) is 31.4 Å². The van der Waals surface area contributed by atoms with Crippen LogP contribution in [0.3, 0.4) is 0 Å². The molecule has 0 saturated heterocycles. The lowest BCUT2D eigenvalue weighted by Crippen LogP contribution is -2.12. The van der Waals surface area contributed by atoms with Crippen molar-refractivity contribution in [1.29, 1.82) is 0 Å². The van der Waals surface area contributed by atoms with Gasteiger partial charge in [-0.3, -0.25) is 0 Å². The zero-order chi connectivity index (χ0) is 21.7. The quantitative estimate of drug-likeness (QED) is 0.650. The Morgan fingerprint density at radius 1 is 1.13 bits per heavy atom. The van der Waals surface area contributed by atoms with Crippen molar-refractivity contribution in [2.45, 2.75) is 6.92 Å². The van der Waals surface area contributed by atoms with Crippen LogP contribution in [-0.2, 0) is 9.53 Å². The number of phenolic OH excluding ortho intramolecular Hbond substituents is 1. The molecule has 0 unspecified atom stereocenters. The fourth-order valence-electron chi connectivity index (χ4n) is 2.74. The third-order valence-electron chi connectivity index (χ3n) is 4.15. The molecule has 1 aliphatic rings. The number of aliphatic imine (C=N–C) groups is 1. The predicted molar refractivity (Wildman–Crippen MR) is 117 cm³/mol. The van der Waals surface area contributed by atoms with Crippen LogP contribution >= 0.6 is 11.8 Å². The highest BCUT2D eigenvalue weighted by Gasteiger charge is 2.33. The van der Waals surface area contributed by atoms with Gasteiger partial charge in [0.2, 0.25) is 0 Å². The Balaban J connectivity index is 2.03. The Morgan fingerprint density at radius 2 is 1.93 bits per heavy atom. The highest BCUT2D eigenvalue weighted by atomic mass is 32.2. The molecule has 3 rings (SSSR count). The van der Waals surface area contributed by atoms with Crippen LogP contribution < -0.4 is 9.47 Å². The first-order chi connectivity index (χ1) is 14.5. The van der Waals surface area contributed by atoms with Crippen LogP contribution in [0.25, 0.3) is 6.08 Å². The summed E-state index contributed by atoms with van der Waals surface area (Å²) in [5, 5.41) is 21.0. The van der Waals surface area contributed by atoms with E-state index in [0.29, 0.717) is 32.7 Å². The fraction of sp³-hybridized carbons (Fsp3) is 0.182. The summed E-state index contributed by atoms with van der Waals surface area (Å²) in [4.78, 5) is 17.4. The highest BCUT2D eigenvalue weighted by molar-refractivity contribution is 8.18. The average molecular weight is 427 g/mol. The molecule has 1 aliphatic heterocycles. The van der Waals surface area contributed by atoms with Gasteiger partial charge >= 0.3 is 5.97 Å². The molecule has 2 aromatic rings. The standard InChI is InChI=1S/C22H21NO6S/c1-4-29-22(26)19-20(25)18(11-13-8-9-17(28-3)16(24)10-13)30-21(19)23-14-6-5-7-15(12-14)27-2/h5-12,24-25H,4H2,1-3H3. The van der Waals surface area contributed by atoms with E-state index in [1.807, 2.05) is 0 Å². The van der Waals surface area contributed by atoms with Crippen molar-refractivity contribution < 1.29 is 29.2 Å². The molecule has 7 nitrogen and oxygen atoms in total. The number of hydrogen-bond acceptors (Lipinski definition) is 8. The van der Waals surface area contributed by atoms with E-state index >= 15 is 0 Å². The molecule has 30 heavy (non-hydrogen) atoms. The summed E-state index contributed by atoms with van der Waals surface area (Å²) >= 11 is 1.13. The lowest BCUT2D eigenvalue weighted by molar-refractivity contribution is -0.138. The molecular formula is C22H21NO6S. The summed E-state index contributed by atoms with van der Waals surface area (Å²) in [6, 6.07) is 11.9. The minimum absolute atomic E-state index is 0.00588. The normalized spacial score (nSPS) is 16.2. The Kier molecular flexibility index (Phi) is 6.68. The Morgan fingerprint density at radius 3 is 2.60 bits per heavy atom. The van der Waals surface area contributed by atoms with Gasteiger partial charge in [-0.15, -0.1) is 0 Å². The van der Waals surface area contributed by atoms with Crippen LogP contribution in [0, 0.1) is 0 Å². The zero-order valence-electron chi connectivity index (χ0n) is 16.7. The smallest absolute Gasteiger partial charge is 0.344 e. The second kappa shape index (κ2) is 9.41. The molecule has 0 fully saturated rings. The minimum Gasteiger partial charge on any atom is -0.506 e. The molecule has 8 heteroatoms. The molecule has 1 heterocycles. The number of aliphatic hydroxyl groups is 1. The second-order valence-electron chi connectivity index (χ2n) is 6.10. The molecule has 156 valence electrons. The van der Waals surface area contributed by atoms with E-state index in [2.05, 4.69) is 4.99 Å². The van der Waals surface area contributed by atoms with Crippen LogP contribution in [-0.4, -0.2) is 42.1 Å². The predicted octanol–water partition coefficient (Wildman–Crippen LogP) is 4.60. The number of ether oxygens (including phenoxy) is 3. The van der Waals surface area contributed by atoms with Crippen LogP contribution in [0.1, 0.15) is 12.5 Å². The SMILES string of the molecule is CCOC(=O)C1=C(O)C(=Cc2ccc(OC)c(O)c2)SC1=Nc1cccc(OC)c1. The number of aliphatic hydroxyl groups excluding tert-OH is 1. The zero-order valence-corrected chi connectivity index (χ0v) is 17.5. The Labute approximate surface area is 178 Å². The van der Waals surface area contributed by atoms with Crippen LogP contribution in [0.15, 0.2) is 63.7 Å². The number of nitrogens with zero attached hydrogens (tertiary/aromatic N) is 1. The first kappa shape index (κ1) is 21.3. The number of thioether (sulfide) groups is 1. The van der Waals surface area contributed by atoms with Crippen LogP contribution in [0.4, 0.5) is 5.69 Å². The van der Waals surface area contributed by atoms with Gasteiger partial charge in [0, 0.05) is 6.07 Å². The maximum atomic E-state index is 12.5. The summed E-state index contributed by atoms with van der Waals surface area (Å²) < 4.78 is 15.4. The largest absolute Gasteiger partial charge is 0.506 e. The molecule has 0 saturated carbocycles. The van der Waals surface area contributed by atoms with Crippen LogP contribution in [0.5, 0.6) is 17.2 Å². The van der Waals surface area contributed by atoms with E-state index in [-0.39, 0.29) is 23.7 Å². The molecule has 0 atom stereocenters. The highest BCUT2D eigenvalue weighted by Crippen LogP contribution is 2.41. The number of benzene rings is 2. The van der Waals surface area contributed by atoms with E-state index in [0.717, 1.165) is 11.8 Å². The van der Waals surface area contributed by atoms with Crippen molar-refractivity contribution in [3.8, 4) is 17.2 Å². The maximum Gasteiger partial charge on any atom is 0.344 e. The molecule has 2 aromatic carbocycles. The minimum atomic E-state index is -0.662. The lowest BCUT2D eigenvalue weighted by atomic mass is 10.1. The first-order valence-electron chi connectivity index (χ1n) is 9.07. The number of aromatic hydroxyl groups is 1. The van der Waals surface area contributed by atoms with Gasteiger partial charge in [-0.25, -0.2) is 9.79 Å². The summed E-state index contributed by atoms with van der Waals surface area (Å²) in [5.41, 5.74) is 1.18. The van der Waals surface area contributed by atoms with E-state index < -0.39 is 5.97 Å². The third kappa shape index (κ3) is 4.60. The number of hydrogen-bond donors (Lipinski definition) is 2. The summed E-state index contributed by atoms with van der Waals surface area (Å²) in [5.74, 6) is 0.0356. The maximum absolute atomic E-state index is 12.5. The van der Waals surface area contributed by atoms with Crippen molar-refractivity contribution in [1.82, 2.24) is 0 Å². The van der Waals surface area contributed by atoms with Crippen LogP contribution in [0.2, 0.25) is 0 Å². The number of methoxy groups -OCH3 is 2. The van der Waals surface area contributed by atoms with E-state index in [1.54, 1.807) is 56.5 Å². The number of carbonyl (C=O) groups excluding carboxylic acids is 1. The number of rotatable bonds is 6. The molecule has 2 N–H and O–H groups in total. The van der Waals surface area contributed by atoms with Crippen molar-refractivity contribution in [2.75, 3.05) is 20.8 Å². The Hall–Kier alpha value is -3.39. The second-order valence-corrected chi connectivity index (χ2v) is 7.14. The van der Waals surface area contributed by atoms with Gasteiger partial charge in [0.25, 0.3) is 0 Å². The topological polar surface area (TPSA) is 97.6 Å². The Bertz CT molecular complexity index is 1060. The van der Waals surface area contributed by atoms with E-state index in [1.165, 1.54) is 13.2 Å². The number of phenols is 1. The summed E-state index contributed by atoms with van der Waals surface area (Å²) in [6.45, 7) is 1.85. The van der Waals surface area contributed by atoms with Gasteiger partial charge < -0.3 is 24.4 Å². The molecule has 0 aromatic heterocycles. The lowest BCUT2D eigenvalue weighted by Gasteiger charge is -2.04.